The molecular weight excluding hydrogens is 254 g/mol. The number of fused-ring (bicyclic) bond motifs is 2. The third-order valence-corrected chi connectivity index (χ3v) is 4.34. The molecule has 1 aromatic carbocycles. The maximum Gasteiger partial charge on any atom is 0.224 e. The minimum atomic E-state index is -1.11. The van der Waals surface area contributed by atoms with E-state index in [0.29, 0.717) is 6.54 Å². The van der Waals surface area contributed by atoms with Crippen LogP contribution in [-0.4, -0.2) is 11.9 Å². The standard InChI is InChI=1S/C16H17NO3/c18-15(17-9-10-4-2-1-3-5-10)13-11-6-7-12(8-11)14(13)16(19)20/h1-7,11-14H,8-9H2,(H,17,18)(H,19,20)/p-1/t11-,12-,13+,14-/m0/s1. The molecule has 20 heavy (non-hydrogen) atoms. The minimum Gasteiger partial charge on any atom is -0.550 e. The summed E-state index contributed by atoms with van der Waals surface area (Å²) >= 11 is 0. The van der Waals surface area contributed by atoms with E-state index in [1.54, 1.807) is 0 Å². The van der Waals surface area contributed by atoms with Gasteiger partial charge in [-0.15, -0.1) is 0 Å². The van der Waals surface area contributed by atoms with Crippen LogP contribution in [0.4, 0.5) is 0 Å². The van der Waals surface area contributed by atoms with Gasteiger partial charge in [-0.25, -0.2) is 0 Å². The number of benzene rings is 1. The van der Waals surface area contributed by atoms with E-state index in [4.69, 9.17) is 0 Å². The van der Waals surface area contributed by atoms with Gasteiger partial charge in [-0.2, -0.15) is 0 Å². The van der Waals surface area contributed by atoms with Crippen LogP contribution in [0.15, 0.2) is 42.5 Å². The molecule has 1 fully saturated rings. The summed E-state index contributed by atoms with van der Waals surface area (Å²) in [5.41, 5.74) is 1.00. The second kappa shape index (κ2) is 5.12. The van der Waals surface area contributed by atoms with Crippen molar-refractivity contribution >= 4 is 11.9 Å². The molecular formula is C16H16NO3-. The molecule has 2 bridgehead atoms. The number of hydrogen-bond donors (Lipinski definition) is 1. The van der Waals surface area contributed by atoms with Crippen LogP contribution in [0.25, 0.3) is 0 Å². The minimum absolute atomic E-state index is 0.0404. The molecule has 0 radical (unpaired) electrons. The molecule has 1 N–H and O–H groups in total. The molecule has 4 heteroatoms. The fourth-order valence-electron chi connectivity index (χ4n) is 3.40. The third-order valence-electron chi connectivity index (χ3n) is 4.34. The summed E-state index contributed by atoms with van der Waals surface area (Å²) in [6.45, 7) is 0.428. The van der Waals surface area contributed by atoms with Gasteiger partial charge in [0.25, 0.3) is 0 Å². The van der Waals surface area contributed by atoms with Gasteiger partial charge in [-0.05, 0) is 23.8 Å². The Balaban J connectivity index is 1.68. The van der Waals surface area contributed by atoms with Crippen molar-refractivity contribution in [3.8, 4) is 0 Å². The summed E-state index contributed by atoms with van der Waals surface area (Å²) in [5, 5.41) is 14.1. The van der Waals surface area contributed by atoms with E-state index in [2.05, 4.69) is 5.32 Å². The number of allylic oxidation sites excluding steroid dienone is 2. The molecule has 2 aliphatic rings. The maximum absolute atomic E-state index is 12.3. The highest BCUT2D eigenvalue weighted by Crippen LogP contribution is 2.47. The molecule has 1 amide bonds. The molecule has 3 rings (SSSR count). The van der Waals surface area contributed by atoms with E-state index >= 15 is 0 Å². The Bertz CT molecular complexity index is 552. The van der Waals surface area contributed by atoms with Crippen molar-refractivity contribution in [3.05, 3.63) is 48.0 Å². The van der Waals surface area contributed by atoms with E-state index in [9.17, 15) is 14.7 Å². The van der Waals surface area contributed by atoms with E-state index in [-0.39, 0.29) is 17.7 Å². The average Bonchev–Trinajstić information content (AvgIpc) is 3.06. The molecule has 0 heterocycles. The number of carbonyl (C=O) groups excluding carboxylic acids is 2. The number of rotatable bonds is 4. The lowest BCUT2D eigenvalue weighted by Gasteiger charge is -2.27. The Labute approximate surface area is 117 Å². The summed E-state index contributed by atoms with van der Waals surface area (Å²) in [7, 11) is 0. The zero-order valence-electron chi connectivity index (χ0n) is 11.0. The molecule has 2 aliphatic carbocycles. The van der Waals surface area contributed by atoms with Crippen molar-refractivity contribution in [2.75, 3.05) is 0 Å². The fourth-order valence-corrected chi connectivity index (χ4v) is 3.40. The van der Waals surface area contributed by atoms with Crippen LogP contribution in [0.2, 0.25) is 0 Å². The number of carboxylic acids is 1. The first kappa shape index (κ1) is 12.9. The van der Waals surface area contributed by atoms with E-state index in [1.165, 1.54) is 0 Å². The van der Waals surface area contributed by atoms with E-state index < -0.39 is 17.8 Å². The summed E-state index contributed by atoms with van der Waals surface area (Å²) in [6.07, 6.45) is 4.63. The Morgan fingerprint density at radius 1 is 1.10 bits per heavy atom. The summed E-state index contributed by atoms with van der Waals surface area (Å²) in [6, 6.07) is 9.59. The topological polar surface area (TPSA) is 69.2 Å². The van der Waals surface area contributed by atoms with Crippen molar-refractivity contribution in [1.29, 1.82) is 0 Å². The van der Waals surface area contributed by atoms with Crippen LogP contribution in [-0.2, 0) is 16.1 Å². The Morgan fingerprint density at radius 3 is 2.40 bits per heavy atom. The smallest absolute Gasteiger partial charge is 0.224 e. The number of nitrogens with one attached hydrogen (secondary N) is 1. The van der Waals surface area contributed by atoms with Crippen LogP contribution in [0.1, 0.15) is 12.0 Å². The summed E-state index contributed by atoms with van der Waals surface area (Å²) in [5.74, 6) is -2.46. The van der Waals surface area contributed by atoms with Gasteiger partial charge in [-0.1, -0.05) is 42.5 Å². The zero-order valence-corrected chi connectivity index (χ0v) is 11.0. The first-order valence-electron chi connectivity index (χ1n) is 6.87. The van der Waals surface area contributed by atoms with Gasteiger partial charge < -0.3 is 15.2 Å². The van der Waals surface area contributed by atoms with E-state index in [1.807, 2.05) is 42.5 Å². The lowest BCUT2D eigenvalue weighted by atomic mass is 9.82. The van der Waals surface area contributed by atoms with E-state index in [0.717, 1.165) is 12.0 Å². The Kier molecular flexibility index (Phi) is 3.30. The molecule has 0 spiro atoms. The van der Waals surface area contributed by atoms with Gasteiger partial charge in [0.2, 0.25) is 5.91 Å². The third kappa shape index (κ3) is 2.22. The zero-order chi connectivity index (χ0) is 14.1. The first-order valence-corrected chi connectivity index (χ1v) is 6.87. The van der Waals surface area contributed by atoms with Crippen LogP contribution >= 0.6 is 0 Å². The maximum atomic E-state index is 12.3. The van der Waals surface area contributed by atoms with Crippen LogP contribution in [0.3, 0.4) is 0 Å². The molecule has 0 aliphatic heterocycles. The molecule has 0 aromatic heterocycles. The average molecular weight is 270 g/mol. The second-order valence-electron chi connectivity index (χ2n) is 5.52. The number of carbonyl (C=O) groups is 2. The van der Waals surface area contributed by atoms with Gasteiger partial charge in [0, 0.05) is 18.4 Å². The highest BCUT2D eigenvalue weighted by molar-refractivity contribution is 5.86. The monoisotopic (exact) mass is 270 g/mol. The van der Waals surface area contributed by atoms with Gasteiger partial charge in [0.1, 0.15) is 0 Å². The number of amides is 1. The molecule has 0 unspecified atom stereocenters. The predicted molar refractivity (Wildman–Crippen MR) is 71.0 cm³/mol. The normalized spacial score (nSPS) is 30.4. The van der Waals surface area contributed by atoms with Crippen molar-refractivity contribution in [3.63, 3.8) is 0 Å². The van der Waals surface area contributed by atoms with Gasteiger partial charge in [0.05, 0.1) is 5.92 Å². The largest absolute Gasteiger partial charge is 0.550 e. The quantitative estimate of drug-likeness (QED) is 0.810. The molecule has 1 saturated carbocycles. The summed E-state index contributed by atoms with van der Waals surface area (Å²) in [4.78, 5) is 23.5. The molecule has 4 nitrogen and oxygen atoms in total. The second-order valence-corrected chi connectivity index (χ2v) is 5.52. The molecule has 104 valence electrons. The van der Waals surface area contributed by atoms with Crippen molar-refractivity contribution in [1.82, 2.24) is 5.32 Å². The van der Waals surface area contributed by atoms with Gasteiger partial charge >= 0.3 is 0 Å². The number of hydrogen-bond acceptors (Lipinski definition) is 3. The van der Waals surface area contributed by atoms with Crippen molar-refractivity contribution in [2.45, 2.75) is 13.0 Å². The van der Waals surface area contributed by atoms with Crippen LogP contribution < -0.4 is 10.4 Å². The number of carboxylic acid groups (broad SMARTS) is 1. The van der Waals surface area contributed by atoms with Crippen molar-refractivity contribution in [2.24, 2.45) is 23.7 Å². The van der Waals surface area contributed by atoms with Gasteiger partial charge in [0.15, 0.2) is 0 Å². The highest BCUT2D eigenvalue weighted by Gasteiger charge is 2.48. The van der Waals surface area contributed by atoms with Gasteiger partial charge in [-0.3, -0.25) is 4.79 Å². The lowest BCUT2D eigenvalue weighted by molar-refractivity contribution is -0.313. The molecule has 0 saturated heterocycles. The molecule has 1 aromatic rings. The summed E-state index contributed by atoms with van der Waals surface area (Å²) < 4.78 is 0. The fraction of sp³-hybridized carbons (Fsp3) is 0.375. The lowest BCUT2D eigenvalue weighted by Crippen LogP contribution is -2.44. The van der Waals surface area contributed by atoms with Crippen LogP contribution in [0, 0.1) is 23.7 Å². The Morgan fingerprint density at radius 2 is 1.75 bits per heavy atom. The highest BCUT2D eigenvalue weighted by atomic mass is 16.4. The Hall–Kier alpha value is -2.10. The first-order chi connectivity index (χ1) is 9.66. The molecule has 4 atom stereocenters. The van der Waals surface area contributed by atoms with Crippen molar-refractivity contribution < 1.29 is 14.7 Å². The van der Waals surface area contributed by atoms with Crippen LogP contribution in [0.5, 0.6) is 0 Å². The SMILES string of the molecule is O=C([O-])[C@@H]1[C@H](C(=O)NCc2ccccc2)[C@H]2C=C[C@H]1C2. The predicted octanol–water partition coefficient (Wildman–Crippen LogP) is 0.491. The number of aliphatic carboxylic acids is 1.